The van der Waals surface area contributed by atoms with Crippen LogP contribution in [0.15, 0.2) is 22.7 Å². The highest BCUT2D eigenvalue weighted by Gasteiger charge is 2.12. The first-order valence-electron chi connectivity index (χ1n) is 6.23. The van der Waals surface area contributed by atoms with E-state index >= 15 is 0 Å². The fourth-order valence-corrected chi connectivity index (χ4v) is 2.71. The Morgan fingerprint density at radius 1 is 1.42 bits per heavy atom. The number of nitrogens with zero attached hydrogens (tertiary/aromatic N) is 2. The Morgan fingerprint density at radius 3 is 2.79 bits per heavy atom. The molecule has 0 radical (unpaired) electrons. The van der Waals surface area contributed by atoms with Gasteiger partial charge in [0.1, 0.15) is 0 Å². The summed E-state index contributed by atoms with van der Waals surface area (Å²) in [4.78, 5) is 0. The van der Waals surface area contributed by atoms with E-state index in [4.69, 9.17) is 11.6 Å². The largest absolute Gasteiger partial charge is 0.378 e. The standard InChI is InChI=1S/C14H17BrClN3/c1-4-11-14(16)13(19(3)18-11)8-17-12-7-9(2)5-6-10(12)15/h5-7,17H,4,8H2,1-3H3. The molecule has 0 spiro atoms. The molecule has 0 aliphatic rings. The van der Waals surface area contributed by atoms with E-state index in [0.29, 0.717) is 6.54 Å². The molecular weight excluding hydrogens is 326 g/mol. The summed E-state index contributed by atoms with van der Waals surface area (Å²) >= 11 is 9.87. The summed E-state index contributed by atoms with van der Waals surface area (Å²) in [5.41, 5.74) is 4.24. The van der Waals surface area contributed by atoms with Crippen molar-refractivity contribution in [3.05, 3.63) is 44.6 Å². The molecule has 3 nitrogen and oxygen atoms in total. The van der Waals surface area contributed by atoms with E-state index < -0.39 is 0 Å². The van der Waals surface area contributed by atoms with E-state index in [2.05, 4.69) is 52.3 Å². The van der Waals surface area contributed by atoms with Gasteiger partial charge in [-0.25, -0.2) is 0 Å². The topological polar surface area (TPSA) is 29.9 Å². The lowest BCUT2D eigenvalue weighted by Gasteiger charge is -2.10. The lowest BCUT2D eigenvalue weighted by Crippen LogP contribution is -2.06. The Kier molecular flexibility index (Phi) is 4.53. The molecule has 0 saturated carbocycles. The molecule has 5 heteroatoms. The molecule has 102 valence electrons. The number of hydrogen-bond acceptors (Lipinski definition) is 2. The minimum Gasteiger partial charge on any atom is -0.378 e. The van der Waals surface area contributed by atoms with Gasteiger partial charge in [0.05, 0.1) is 23.0 Å². The first kappa shape index (κ1) is 14.4. The van der Waals surface area contributed by atoms with Gasteiger partial charge in [0.25, 0.3) is 0 Å². The minimum absolute atomic E-state index is 0.657. The molecule has 0 aliphatic carbocycles. The van der Waals surface area contributed by atoms with Crippen LogP contribution in [0.2, 0.25) is 5.02 Å². The van der Waals surface area contributed by atoms with Crippen molar-refractivity contribution in [3.8, 4) is 0 Å². The lowest BCUT2D eigenvalue weighted by molar-refractivity contribution is 0.707. The maximum atomic E-state index is 6.33. The molecule has 1 aromatic heterocycles. The summed E-state index contributed by atoms with van der Waals surface area (Å²) in [6.45, 7) is 4.79. The van der Waals surface area contributed by atoms with Crippen molar-refractivity contribution in [1.29, 1.82) is 0 Å². The molecule has 1 aromatic carbocycles. The number of nitrogens with one attached hydrogen (secondary N) is 1. The van der Waals surface area contributed by atoms with Gasteiger partial charge in [-0.05, 0) is 47.0 Å². The Hall–Kier alpha value is -1.000. The van der Waals surface area contributed by atoms with Gasteiger partial charge in [-0.3, -0.25) is 4.68 Å². The van der Waals surface area contributed by atoms with Gasteiger partial charge in [-0.1, -0.05) is 24.6 Å². The van der Waals surface area contributed by atoms with Crippen molar-refractivity contribution in [2.24, 2.45) is 7.05 Å². The van der Waals surface area contributed by atoms with Crippen molar-refractivity contribution in [3.63, 3.8) is 0 Å². The number of rotatable bonds is 4. The number of aromatic nitrogens is 2. The monoisotopic (exact) mass is 341 g/mol. The van der Waals surface area contributed by atoms with Crippen LogP contribution >= 0.6 is 27.5 Å². The Bertz CT molecular complexity index is 593. The SMILES string of the molecule is CCc1nn(C)c(CNc2cc(C)ccc2Br)c1Cl. The zero-order valence-electron chi connectivity index (χ0n) is 11.3. The molecule has 0 unspecified atom stereocenters. The maximum absolute atomic E-state index is 6.33. The number of aryl methyl sites for hydroxylation is 3. The fraction of sp³-hybridized carbons (Fsp3) is 0.357. The summed E-state index contributed by atoms with van der Waals surface area (Å²) < 4.78 is 2.89. The van der Waals surface area contributed by atoms with E-state index in [-0.39, 0.29) is 0 Å². The van der Waals surface area contributed by atoms with Gasteiger partial charge in [-0.15, -0.1) is 0 Å². The number of halogens is 2. The molecule has 19 heavy (non-hydrogen) atoms. The zero-order chi connectivity index (χ0) is 14.0. The highest BCUT2D eigenvalue weighted by molar-refractivity contribution is 9.10. The van der Waals surface area contributed by atoms with Crippen LogP contribution < -0.4 is 5.32 Å². The van der Waals surface area contributed by atoms with Crippen LogP contribution in [0.3, 0.4) is 0 Å². The molecular formula is C14H17BrClN3. The highest BCUT2D eigenvalue weighted by Crippen LogP contribution is 2.26. The smallest absolute Gasteiger partial charge is 0.0868 e. The van der Waals surface area contributed by atoms with Crippen LogP contribution in [0.25, 0.3) is 0 Å². The minimum atomic E-state index is 0.657. The van der Waals surface area contributed by atoms with Gasteiger partial charge in [0.15, 0.2) is 0 Å². The van der Waals surface area contributed by atoms with E-state index in [1.807, 2.05) is 17.8 Å². The average molecular weight is 343 g/mol. The predicted octanol–water partition coefficient (Wildman–Crippen LogP) is 4.32. The molecule has 1 heterocycles. The molecule has 0 saturated heterocycles. The molecule has 1 N–H and O–H groups in total. The van der Waals surface area contributed by atoms with Crippen LogP contribution in [0, 0.1) is 6.92 Å². The summed E-state index contributed by atoms with van der Waals surface area (Å²) in [5, 5.41) is 8.58. The average Bonchev–Trinajstić information content (AvgIpc) is 2.66. The van der Waals surface area contributed by atoms with E-state index in [1.165, 1.54) is 5.56 Å². The molecule has 2 rings (SSSR count). The van der Waals surface area contributed by atoms with Crippen LogP contribution in [-0.2, 0) is 20.0 Å². The van der Waals surface area contributed by atoms with Crippen molar-refractivity contribution < 1.29 is 0 Å². The summed E-state index contributed by atoms with van der Waals surface area (Å²) in [6, 6.07) is 6.22. The molecule has 2 aromatic rings. The maximum Gasteiger partial charge on any atom is 0.0868 e. The molecule has 0 amide bonds. The second-order valence-electron chi connectivity index (χ2n) is 4.52. The van der Waals surface area contributed by atoms with Crippen LogP contribution in [-0.4, -0.2) is 9.78 Å². The van der Waals surface area contributed by atoms with Crippen molar-refractivity contribution in [1.82, 2.24) is 9.78 Å². The molecule has 0 bridgehead atoms. The van der Waals surface area contributed by atoms with Gasteiger partial charge in [0, 0.05) is 17.2 Å². The molecule has 0 atom stereocenters. The van der Waals surface area contributed by atoms with Gasteiger partial charge in [0.2, 0.25) is 0 Å². The Balaban J connectivity index is 2.19. The Morgan fingerprint density at radius 2 is 2.16 bits per heavy atom. The summed E-state index contributed by atoms with van der Waals surface area (Å²) in [7, 11) is 1.92. The summed E-state index contributed by atoms with van der Waals surface area (Å²) in [6.07, 6.45) is 0.848. The fourth-order valence-electron chi connectivity index (χ4n) is 1.97. The first-order valence-corrected chi connectivity index (χ1v) is 7.40. The molecule has 0 aliphatic heterocycles. The second kappa shape index (κ2) is 5.97. The Labute approximate surface area is 127 Å². The highest BCUT2D eigenvalue weighted by atomic mass is 79.9. The number of hydrogen-bond donors (Lipinski definition) is 1. The van der Waals surface area contributed by atoms with Crippen molar-refractivity contribution in [2.75, 3.05) is 5.32 Å². The van der Waals surface area contributed by atoms with E-state index in [9.17, 15) is 0 Å². The van der Waals surface area contributed by atoms with Crippen LogP contribution in [0.1, 0.15) is 23.9 Å². The van der Waals surface area contributed by atoms with Crippen molar-refractivity contribution in [2.45, 2.75) is 26.8 Å². The third-order valence-electron chi connectivity index (χ3n) is 3.07. The lowest BCUT2D eigenvalue weighted by atomic mass is 10.2. The predicted molar refractivity (Wildman–Crippen MR) is 83.8 cm³/mol. The van der Waals surface area contributed by atoms with Gasteiger partial charge in [-0.2, -0.15) is 5.10 Å². The van der Waals surface area contributed by atoms with Crippen LogP contribution in [0.4, 0.5) is 5.69 Å². The zero-order valence-corrected chi connectivity index (χ0v) is 13.6. The van der Waals surface area contributed by atoms with Crippen molar-refractivity contribution >= 4 is 33.2 Å². The number of anilines is 1. The quantitative estimate of drug-likeness (QED) is 0.897. The van der Waals surface area contributed by atoms with Gasteiger partial charge < -0.3 is 5.32 Å². The normalized spacial score (nSPS) is 10.8. The van der Waals surface area contributed by atoms with E-state index in [0.717, 1.165) is 33.0 Å². The second-order valence-corrected chi connectivity index (χ2v) is 5.75. The molecule has 0 fully saturated rings. The summed E-state index contributed by atoms with van der Waals surface area (Å²) in [5.74, 6) is 0. The first-order chi connectivity index (χ1) is 9.02. The van der Waals surface area contributed by atoms with E-state index in [1.54, 1.807) is 0 Å². The van der Waals surface area contributed by atoms with Gasteiger partial charge >= 0.3 is 0 Å². The number of benzene rings is 1. The third kappa shape index (κ3) is 3.12. The van der Waals surface area contributed by atoms with Crippen LogP contribution in [0.5, 0.6) is 0 Å². The third-order valence-corrected chi connectivity index (χ3v) is 4.20.